The Bertz CT molecular complexity index is 595. The van der Waals surface area contributed by atoms with Gasteiger partial charge >= 0.3 is 0 Å². The van der Waals surface area contributed by atoms with E-state index in [1.54, 1.807) is 6.07 Å². The molecule has 0 heterocycles. The smallest absolute Gasteiger partial charge is 0.128 e. The van der Waals surface area contributed by atoms with Crippen LogP contribution in [0.5, 0.6) is 0 Å². The van der Waals surface area contributed by atoms with Crippen LogP contribution in [0.15, 0.2) is 48.5 Å². The van der Waals surface area contributed by atoms with E-state index in [2.05, 4.69) is 24.0 Å². The number of halogens is 1. The van der Waals surface area contributed by atoms with Crippen LogP contribution in [0, 0.1) is 12.7 Å². The van der Waals surface area contributed by atoms with Crippen molar-refractivity contribution < 1.29 is 4.39 Å². The monoisotopic (exact) mass is 286 g/mol. The van der Waals surface area contributed by atoms with Crippen molar-refractivity contribution >= 4 is 0 Å². The fourth-order valence-corrected chi connectivity index (χ4v) is 2.79. The van der Waals surface area contributed by atoms with Gasteiger partial charge in [-0.3, -0.25) is 4.90 Å². The van der Waals surface area contributed by atoms with Crippen LogP contribution < -0.4 is 5.73 Å². The van der Waals surface area contributed by atoms with Gasteiger partial charge in [-0.15, -0.1) is 0 Å². The van der Waals surface area contributed by atoms with Gasteiger partial charge in [0.1, 0.15) is 5.82 Å². The highest BCUT2D eigenvalue weighted by Gasteiger charge is 2.24. The number of aryl methyl sites for hydroxylation is 1. The van der Waals surface area contributed by atoms with E-state index in [1.165, 1.54) is 17.2 Å². The van der Waals surface area contributed by atoms with Crippen LogP contribution >= 0.6 is 0 Å². The number of likely N-dealkylation sites (N-methyl/N-ethyl adjacent to an activating group) is 1. The quantitative estimate of drug-likeness (QED) is 0.909. The number of benzene rings is 2. The molecule has 0 fully saturated rings. The van der Waals surface area contributed by atoms with Crippen molar-refractivity contribution in [1.82, 2.24) is 4.90 Å². The molecule has 3 heteroatoms. The first-order valence-corrected chi connectivity index (χ1v) is 7.25. The first kappa shape index (κ1) is 15.7. The van der Waals surface area contributed by atoms with Crippen molar-refractivity contribution in [1.29, 1.82) is 0 Å². The minimum absolute atomic E-state index is 0.147. The van der Waals surface area contributed by atoms with Gasteiger partial charge in [-0.2, -0.15) is 0 Å². The zero-order valence-electron chi connectivity index (χ0n) is 12.9. The lowest BCUT2D eigenvalue weighted by atomic mass is 9.98. The van der Waals surface area contributed by atoms with Crippen LogP contribution in [0.4, 0.5) is 4.39 Å². The highest BCUT2D eigenvalue weighted by Crippen LogP contribution is 2.26. The molecule has 2 aromatic carbocycles. The lowest BCUT2D eigenvalue weighted by molar-refractivity contribution is 0.206. The largest absolute Gasteiger partial charge is 0.326 e. The van der Waals surface area contributed by atoms with Crippen LogP contribution in [0.2, 0.25) is 0 Å². The maximum absolute atomic E-state index is 14.1. The molecule has 2 atom stereocenters. The maximum atomic E-state index is 14.1. The van der Waals surface area contributed by atoms with Crippen molar-refractivity contribution in [2.45, 2.75) is 32.5 Å². The molecule has 2 nitrogen and oxygen atoms in total. The highest BCUT2D eigenvalue weighted by molar-refractivity contribution is 5.27. The van der Waals surface area contributed by atoms with Gasteiger partial charge in [0.25, 0.3) is 0 Å². The second-order valence-corrected chi connectivity index (χ2v) is 5.67. The summed E-state index contributed by atoms with van der Waals surface area (Å²) in [5.41, 5.74) is 9.25. The van der Waals surface area contributed by atoms with Crippen LogP contribution in [-0.2, 0) is 6.54 Å². The normalized spacial score (nSPS) is 14.2. The van der Waals surface area contributed by atoms with Crippen LogP contribution in [-0.4, -0.2) is 18.0 Å². The lowest BCUT2D eigenvalue weighted by Crippen LogP contribution is -2.37. The molecule has 0 saturated carbocycles. The molecule has 0 spiro atoms. The van der Waals surface area contributed by atoms with Crippen molar-refractivity contribution in [2.24, 2.45) is 5.73 Å². The Hall–Kier alpha value is -1.71. The highest BCUT2D eigenvalue weighted by atomic mass is 19.1. The summed E-state index contributed by atoms with van der Waals surface area (Å²) in [7, 11) is 1.99. The molecule has 0 aliphatic heterocycles. The molecule has 2 unspecified atom stereocenters. The molecule has 2 rings (SSSR count). The van der Waals surface area contributed by atoms with Crippen molar-refractivity contribution in [3.05, 3.63) is 71.0 Å². The summed E-state index contributed by atoms with van der Waals surface area (Å²) in [5.74, 6) is -0.198. The molecule has 21 heavy (non-hydrogen) atoms. The van der Waals surface area contributed by atoms with Crippen LogP contribution in [0.1, 0.15) is 29.7 Å². The average Bonchev–Trinajstić information content (AvgIpc) is 2.43. The summed E-state index contributed by atoms with van der Waals surface area (Å²) in [5, 5.41) is 0. The van der Waals surface area contributed by atoms with Gasteiger partial charge in [-0.05, 0) is 38.1 Å². The van der Waals surface area contributed by atoms with Gasteiger partial charge in [0.2, 0.25) is 0 Å². The number of nitrogens with two attached hydrogens (primary N) is 1. The Morgan fingerprint density at radius 1 is 1.10 bits per heavy atom. The Labute approximate surface area is 126 Å². The zero-order chi connectivity index (χ0) is 15.4. The molecular formula is C18H23FN2. The van der Waals surface area contributed by atoms with E-state index in [0.29, 0.717) is 5.56 Å². The van der Waals surface area contributed by atoms with Crippen molar-refractivity contribution in [3.63, 3.8) is 0 Å². The predicted octanol–water partition coefficient (Wildman–Crippen LogP) is 3.65. The molecule has 0 bridgehead atoms. The third-order valence-electron chi connectivity index (χ3n) is 3.88. The predicted molar refractivity (Wildman–Crippen MR) is 85.4 cm³/mol. The second kappa shape index (κ2) is 6.83. The zero-order valence-corrected chi connectivity index (χ0v) is 12.9. The number of nitrogens with zero attached hydrogens (tertiary/aromatic N) is 1. The molecule has 0 aliphatic rings. The van der Waals surface area contributed by atoms with Crippen molar-refractivity contribution in [3.8, 4) is 0 Å². The van der Waals surface area contributed by atoms with Crippen molar-refractivity contribution in [2.75, 3.05) is 7.05 Å². The molecule has 2 N–H and O–H groups in total. The van der Waals surface area contributed by atoms with E-state index in [1.807, 2.05) is 38.2 Å². The Balaban J connectivity index is 2.27. The summed E-state index contributed by atoms with van der Waals surface area (Å²) in [6, 6.07) is 14.8. The first-order valence-electron chi connectivity index (χ1n) is 7.25. The first-order chi connectivity index (χ1) is 10.0. The standard InChI is InChI=1S/C18H23FN2/c1-13-8-4-5-9-15(13)12-21(3)18(14(2)20)16-10-6-7-11-17(16)19/h4-11,14,18H,12,20H2,1-3H3. The summed E-state index contributed by atoms with van der Waals surface area (Å²) >= 11 is 0. The summed E-state index contributed by atoms with van der Waals surface area (Å²) in [4.78, 5) is 2.12. The molecule has 0 radical (unpaired) electrons. The van der Waals surface area contributed by atoms with Crippen LogP contribution in [0.3, 0.4) is 0 Å². The Morgan fingerprint density at radius 3 is 2.33 bits per heavy atom. The third-order valence-corrected chi connectivity index (χ3v) is 3.88. The molecule has 0 aromatic heterocycles. The van der Waals surface area contributed by atoms with E-state index in [4.69, 9.17) is 5.73 Å². The SMILES string of the molecule is Cc1ccccc1CN(C)C(c1ccccc1F)C(C)N. The topological polar surface area (TPSA) is 29.3 Å². The minimum Gasteiger partial charge on any atom is -0.326 e. The summed E-state index contributed by atoms with van der Waals surface area (Å²) in [6.07, 6.45) is 0. The minimum atomic E-state index is -0.198. The summed E-state index contributed by atoms with van der Waals surface area (Å²) < 4.78 is 14.1. The third kappa shape index (κ3) is 3.69. The van der Waals surface area contributed by atoms with Gasteiger partial charge < -0.3 is 5.73 Å². The van der Waals surface area contributed by atoms with Gasteiger partial charge in [-0.1, -0.05) is 42.5 Å². The molecule has 0 saturated heterocycles. The van der Waals surface area contributed by atoms with E-state index in [0.717, 1.165) is 6.54 Å². The van der Waals surface area contributed by atoms with Gasteiger partial charge in [0.15, 0.2) is 0 Å². The number of hydrogen-bond donors (Lipinski definition) is 1. The molecular weight excluding hydrogens is 263 g/mol. The van der Waals surface area contributed by atoms with E-state index < -0.39 is 0 Å². The van der Waals surface area contributed by atoms with Gasteiger partial charge in [0.05, 0.1) is 6.04 Å². The maximum Gasteiger partial charge on any atom is 0.128 e. The molecule has 2 aromatic rings. The van der Waals surface area contributed by atoms with E-state index in [-0.39, 0.29) is 17.9 Å². The Kier molecular flexibility index (Phi) is 5.10. The fourth-order valence-electron chi connectivity index (χ4n) is 2.79. The second-order valence-electron chi connectivity index (χ2n) is 5.67. The molecule has 112 valence electrons. The van der Waals surface area contributed by atoms with Crippen LogP contribution in [0.25, 0.3) is 0 Å². The molecule has 0 aliphatic carbocycles. The lowest BCUT2D eigenvalue weighted by Gasteiger charge is -2.32. The van der Waals surface area contributed by atoms with Gasteiger partial charge in [0, 0.05) is 18.2 Å². The number of hydrogen-bond acceptors (Lipinski definition) is 2. The average molecular weight is 286 g/mol. The van der Waals surface area contributed by atoms with E-state index in [9.17, 15) is 4.39 Å². The molecule has 0 amide bonds. The number of rotatable bonds is 5. The van der Waals surface area contributed by atoms with Gasteiger partial charge in [-0.25, -0.2) is 4.39 Å². The van der Waals surface area contributed by atoms with E-state index >= 15 is 0 Å². The fraction of sp³-hybridized carbons (Fsp3) is 0.333. The summed E-state index contributed by atoms with van der Waals surface area (Å²) in [6.45, 7) is 4.76. The Morgan fingerprint density at radius 2 is 1.71 bits per heavy atom.